The van der Waals surface area contributed by atoms with Gasteiger partial charge in [0.2, 0.25) is 0 Å². The predicted octanol–water partition coefficient (Wildman–Crippen LogP) is 2.86. The molecule has 1 aliphatic heterocycles. The summed E-state index contributed by atoms with van der Waals surface area (Å²) < 4.78 is 30.6. The summed E-state index contributed by atoms with van der Waals surface area (Å²) in [5, 5.41) is 3.45. The van der Waals surface area contributed by atoms with Gasteiger partial charge in [-0.2, -0.15) is 0 Å². The number of nitrogens with zero attached hydrogens (tertiary/aromatic N) is 2. The van der Waals surface area contributed by atoms with Crippen LogP contribution in [0, 0.1) is 5.92 Å². The highest BCUT2D eigenvalue weighted by molar-refractivity contribution is 7.92. The van der Waals surface area contributed by atoms with Crippen LogP contribution in [0.15, 0.2) is 27.8 Å². The lowest BCUT2D eigenvalue weighted by Crippen LogP contribution is -2.60. The van der Waals surface area contributed by atoms with E-state index in [0.717, 1.165) is 63.3 Å². The predicted molar refractivity (Wildman–Crippen MR) is 109 cm³/mol. The summed E-state index contributed by atoms with van der Waals surface area (Å²) in [7, 11) is -3.04. The van der Waals surface area contributed by atoms with Crippen LogP contribution in [0.1, 0.15) is 51.7 Å². The SMILES string of the molecule is CC(C)CN=C(NCCc1ccco1)N1CCS(=O)(=O)C2(CCCCC2)C1. The number of hydrogen-bond donors (Lipinski definition) is 1. The Balaban J connectivity index is 1.71. The number of rotatable bonds is 5. The Morgan fingerprint density at radius 1 is 1.33 bits per heavy atom. The third kappa shape index (κ3) is 4.86. The molecule has 1 aliphatic carbocycles. The maximum absolute atomic E-state index is 12.9. The molecule has 0 atom stereocenters. The topological polar surface area (TPSA) is 74.9 Å². The molecule has 1 spiro atoms. The van der Waals surface area contributed by atoms with Crippen LogP contribution in [0.25, 0.3) is 0 Å². The second-order valence-corrected chi connectivity index (χ2v) is 10.8. The molecule has 0 aromatic carbocycles. The fourth-order valence-corrected chi connectivity index (χ4v) is 6.26. The van der Waals surface area contributed by atoms with Crippen molar-refractivity contribution in [1.82, 2.24) is 10.2 Å². The summed E-state index contributed by atoms with van der Waals surface area (Å²) in [6.45, 7) is 6.84. The number of furan rings is 1. The van der Waals surface area contributed by atoms with Gasteiger partial charge in [-0.15, -0.1) is 0 Å². The number of guanidine groups is 1. The van der Waals surface area contributed by atoms with Crippen LogP contribution in [0.3, 0.4) is 0 Å². The lowest BCUT2D eigenvalue weighted by Gasteiger charge is -2.45. The molecular weight excluding hydrogens is 362 g/mol. The quantitative estimate of drug-likeness (QED) is 0.613. The molecule has 1 aromatic heterocycles. The Morgan fingerprint density at radius 2 is 2.11 bits per heavy atom. The molecule has 6 nitrogen and oxygen atoms in total. The second-order valence-electron chi connectivity index (χ2n) is 8.30. The van der Waals surface area contributed by atoms with Crippen molar-refractivity contribution in [3.63, 3.8) is 0 Å². The molecule has 2 fully saturated rings. The van der Waals surface area contributed by atoms with E-state index in [-0.39, 0.29) is 5.75 Å². The normalized spacial score (nSPS) is 22.3. The van der Waals surface area contributed by atoms with Gasteiger partial charge in [-0.25, -0.2) is 8.42 Å². The van der Waals surface area contributed by atoms with Crippen molar-refractivity contribution < 1.29 is 12.8 Å². The number of sulfone groups is 1. The standard InChI is InChI=1S/C20H33N3O3S/c1-17(2)15-22-19(21-11-8-18-7-6-13-26-18)23-12-14-27(24,25)20(16-23)9-4-3-5-10-20/h6-7,13,17H,3-5,8-12,14-16H2,1-2H3,(H,21,22). The Hall–Kier alpha value is -1.50. The molecule has 2 aliphatic rings. The van der Waals surface area contributed by atoms with Crippen LogP contribution in [0.2, 0.25) is 0 Å². The first kappa shape index (κ1) is 20.2. The highest BCUT2D eigenvalue weighted by Crippen LogP contribution is 2.38. The minimum absolute atomic E-state index is 0.230. The summed E-state index contributed by atoms with van der Waals surface area (Å²) >= 11 is 0. The van der Waals surface area contributed by atoms with Crippen LogP contribution in [0.4, 0.5) is 0 Å². The Bertz CT molecular complexity index is 720. The fourth-order valence-electron chi connectivity index (χ4n) is 4.11. The molecule has 0 radical (unpaired) electrons. The van der Waals surface area contributed by atoms with Crippen LogP contribution >= 0.6 is 0 Å². The van der Waals surface area contributed by atoms with Gasteiger partial charge in [-0.1, -0.05) is 33.1 Å². The zero-order valence-electron chi connectivity index (χ0n) is 16.6. The Kier molecular flexibility index (Phi) is 6.50. The van der Waals surface area contributed by atoms with Crippen molar-refractivity contribution in [2.75, 3.05) is 31.9 Å². The highest BCUT2D eigenvalue weighted by Gasteiger charge is 2.48. The van der Waals surface area contributed by atoms with Gasteiger partial charge < -0.3 is 14.6 Å². The van der Waals surface area contributed by atoms with Gasteiger partial charge in [0, 0.05) is 32.6 Å². The maximum Gasteiger partial charge on any atom is 0.194 e. The first-order valence-electron chi connectivity index (χ1n) is 10.2. The number of nitrogens with one attached hydrogen (secondary N) is 1. The van der Waals surface area contributed by atoms with Crippen molar-refractivity contribution in [1.29, 1.82) is 0 Å². The zero-order valence-corrected chi connectivity index (χ0v) is 17.4. The molecule has 1 saturated carbocycles. The van der Waals surface area contributed by atoms with E-state index in [1.54, 1.807) is 6.26 Å². The summed E-state index contributed by atoms with van der Waals surface area (Å²) in [5.41, 5.74) is 0. The van der Waals surface area contributed by atoms with E-state index in [1.165, 1.54) is 0 Å². The fraction of sp³-hybridized carbons (Fsp3) is 0.750. The van der Waals surface area contributed by atoms with Crippen LogP contribution in [-0.2, 0) is 16.3 Å². The first-order valence-corrected chi connectivity index (χ1v) is 11.9. The molecular formula is C20H33N3O3S. The van der Waals surface area contributed by atoms with Crippen molar-refractivity contribution in [3.8, 4) is 0 Å². The van der Waals surface area contributed by atoms with Gasteiger partial charge >= 0.3 is 0 Å². The van der Waals surface area contributed by atoms with Crippen LogP contribution in [0.5, 0.6) is 0 Å². The van der Waals surface area contributed by atoms with Crippen LogP contribution < -0.4 is 5.32 Å². The van der Waals surface area contributed by atoms with Gasteiger partial charge in [0.1, 0.15) is 5.76 Å². The zero-order chi connectivity index (χ0) is 19.3. The van der Waals surface area contributed by atoms with Gasteiger partial charge in [0.05, 0.1) is 16.8 Å². The maximum atomic E-state index is 12.9. The molecule has 1 N–H and O–H groups in total. The molecule has 0 unspecified atom stereocenters. The summed E-state index contributed by atoms with van der Waals surface area (Å²) in [4.78, 5) is 6.97. The third-order valence-corrected chi connectivity index (χ3v) is 8.25. The van der Waals surface area contributed by atoms with Gasteiger partial charge in [0.15, 0.2) is 15.8 Å². The summed E-state index contributed by atoms with van der Waals surface area (Å²) in [6.07, 6.45) is 7.21. The smallest absolute Gasteiger partial charge is 0.194 e. The summed E-state index contributed by atoms with van der Waals surface area (Å²) in [6, 6.07) is 3.86. The van der Waals surface area contributed by atoms with E-state index in [2.05, 4.69) is 24.1 Å². The first-order chi connectivity index (χ1) is 12.9. The molecule has 152 valence electrons. The molecule has 0 bridgehead atoms. The van der Waals surface area contributed by atoms with E-state index in [1.807, 2.05) is 12.1 Å². The molecule has 1 saturated heterocycles. The van der Waals surface area contributed by atoms with Crippen molar-refractivity contribution in [2.24, 2.45) is 10.9 Å². The number of hydrogen-bond acceptors (Lipinski definition) is 4. The van der Waals surface area contributed by atoms with E-state index >= 15 is 0 Å². The van der Waals surface area contributed by atoms with E-state index in [4.69, 9.17) is 9.41 Å². The Morgan fingerprint density at radius 3 is 2.78 bits per heavy atom. The molecule has 7 heteroatoms. The van der Waals surface area contributed by atoms with E-state index < -0.39 is 14.6 Å². The van der Waals surface area contributed by atoms with Crippen LogP contribution in [-0.4, -0.2) is 56.0 Å². The van der Waals surface area contributed by atoms with Crippen molar-refractivity contribution in [3.05, 3.63) is 24.2 Å². The lowest BCUT2D eigenvalue weighted by molar-refractivity contribution is 0.273. The summed E-state index contributed by atoms with van der Waals surface area (Å²) in [5.74, 6) is 2.47. The van der Waals surface area contributed by atoms with Gasteiger partial charge in [-0.05, 0) is 30.9 Å². The third-order valence-electron chi connectivity index (χ3n) is 5.67. The van der Waals surface area contributed by atoms with Crippen molar-refractivity contribution >= 4 is 15.8 Å². The average molecular weight is 396 g/mol. The Labute approximate surface area is 163 Å². The highest BCUT2D eigenvalue weighted by atomic mass is 32.2. The molecule has 3 rings (SSSR count). The molecule has 0 amide bonds. The van der Waals surface area contributed by atoms with Gasteiger partial charge in [-0.3, -0.25) is 4.99 Å². The minimum Gasteiger partial charge on any atom is -0.469 e. The average Bonchev–Trinajstić information content (AvgIpc) is 3.15. The van der Waals surface area contributed by atoms with E-state index in [9.17, 15) is 8.42 Å². The van der Waals surface area contributed by atoms with Gasteiger partial charge in [0.25, 0.3) is 0 Å². The lowest BCUT2D eigenvalue weighted by atomic mass is 9.87. The largest absolute Gasteiger partial charge is 0.469 e. The molecule has 27 heavy (non-hydrogen) atoms. The monoisotopic (exact) mass is 395 g/mol. The van der Waals surface area contributed by atoms with Crippen molar-refractivity contribution in [2.45, 2.75) is 57.1 Å². The van der Waals surface area contributed by atoms with E-state index in [0.29, 0.717) is 19.0 Å². The number of aliphatic imine (C=N–C) groups is 1. The molecule has 1 aromatic rings. The minimum atomic E-state index is -3.04. The molecule has 2 heterocycles. The second kappa shape index (κ2) is 8.67.